The van der Waals surface area contributed by atoms with Crippen molar-refractivity contribution < 1.29 is 4.52 Å². The third-order valence-electron chi connectivity index (χ3n) is 2.02. The van der Waals surface area contributed by atoms with Gasteiger partial charge in [0.05, 0.1) is 6.54 Å². The van der Waals surface area contributed by atoms with E-state index in [4.69, 9.17) is 4.52 Å². The molecule has 0 saturated carbocycles. The first kappa shape index (κ1) is 10.8. The lowest BCUT2D eigenvalue weighted by Crippen LogP contribution is -2.22. The van der Waals surface area contributed by atoms with E-state index in [1.807, 2.05) is 18.2 Å². The summed E-state index contributed by atoms with van der Waals surface area (Å²) in [6.07, 6.45) is 1.70. The number of nitrogens with zero attached hydrogens (tertiary/aromatic N) is 3. The molecule has 2 heterocycles. The highest BCUT2D eigenvalue weighted by Crippen LogP contribution is 2.12. The van der Waals surface area contributed by atoms with E-state index in [1.165, 1.54) is 0 Å². The molecular weight excluding hydrogens is 204 g/mol. The van der Waals surface area contributed by atoms with E-state index in [1.54, 1.807) is 6.20 Å². The molecule has 0 bridgehead atoms. The highest BCUT2D eigenvalue weighted by Gasteiger charge is 2.09. The van der Waals surface area contributed by atoms with Gasteiger partial charge in [0.25, 0.3) is 5.89 Å². The second-order valence-corrected chi connectivity index (χ2v) is 3.77. The minimum atomic E-state index is 0.400. The molecule has 0 unspecified atom stereocenters. The van der Waals surface area contributed by atoms with Crippen molar-refractivity contribution in [2.24, 2.45) is 0 Å². The molecule has 0 saturated heterocycles. The summed E-state index contributed by atoms with van der Waals surface area (Å²) in [6, 6.07) is 5.98. The second-order valence-electron chi connectivity index (χ2n) is 3.77. The Balaban J connectivity index is 2.08. The lowest BCUT2D eigenvalue weighted by Gasteiger charge is -2.03. The van der Waals surface area contributed by atoms with Crippen molar-refractivity contribution in [2.45, 2.75) is 26.4 Å². The molecule has 0 radical (unpaired) electrons. The maximum absolute atomic E-state index is 5.12. The summed E-state index contributed by atoms with van der Waals surface area (Å²) >= 11 is 0. The summed E-state index contributed by atoms with van der Waals surface area (Å²) in [7, 11) is 0. The summed E-state index contributed by atoms with van der Waals surface area (Å²) in [5.74, 6) is 1.11. The van der Waals surface area contributed by atoms with Crippen molar-refractivity contribution in [2.75, 3.05) is 0 Å². The van der Waals surface area contributed by atoms with Crippen LogP contribution in [0, 0.1) is 0 Å². The van der Waals surface area contributed by atoms with Gasteiger partial charge in [-0.1, -0.05) is 25.1 Å². The molecule has 0 atom stereocenters. The zero-order valence-electron chi connectivity index (χ0n) is 9.34. The van der Waals surface area contributed by atoms with E-state index >= 15 is 0 Å². The lowest BCUT2D eigenvalue weighted by atomic mass is 10.3. The van der Waals surface area contributed by atoms with Gasteiger partial charge in [0.2, 0.25) is 0 Å². The molecule has 16 heavy (non-hydrogen) atoms. The molecule has 0 spiro atoms. The molecule has 0 fully saturated rings. The van der Waals surface area contributed by atoms with E-state index in [0.717, 1.165) is 0 Å². The molecule has 0 aliphatic carbocycles. The molecule has 5 nitrogen and oxygen atoms in total. The van der Waals surface area contributed by atoms with Crippen molar-refractivity contribution in [1.82, 2.24) is 20.4 Å². The first-order chi connectivity index (χ1) is 7.75. The van der Waals surface area contributed by atoms with E-state index < -0.39 is 0 Å². The fourth-order valence-corrected chi connectivity index (χ4v) is 1.21. The Bertz CT molecular complexity index is 438. The monoisotopic (exact) mass is 218 g/mol. The molecular formula is C11H14N4O. The minimum Gasteiger partial charge on any atom is -0.332 e. The quantitative estimate of drug-likeness (QED) is 0.845. The zero-order chi connectivity index (χ0) is 11.4. The molecule has 2 aromatic heterocycles. The van der Waals surface area contributed by atoms with Crippen LogP contribution in [0.25, 0.3) is 11.6 Å². The third-order valence-corrected chi connectivity index (χ3v) is 2.02. The fourth-order valence-electron chi connectivity index (χ4n) is 1.21. The van der Waals surface area contributed by atoms with Gasteiger partial charge < -0.3 is 9.84 Å². The number of aromatic nitrogens is 3. The Morgan fingerprint density at radius 2 is 2.25 bits per heavy atom. The molecule has 5 heteroatoms. The normalized spacial score (nSPS) is 10.9. The molecule has 0 amide bonds. The first-order valence-electron chi connectivity index (χ1n) is 5.23. The van der Waals surface area contributed by atoms with Crippen molar-refractivity contribution in [3.05, 3.63) is 30.2 Å². The van der Waals surface area contributed by atoms with Crippen LogP contribution < -0.4 is 5.32 Å². The average Bonchev–Trinajstić information content (AvgIpc) is 2.76. The maximum Gasteiger partial charge on any atom is 0.276 e. The van der Waals surface area contributed by atoms with Crippen molar-refractivity contribution >= 4 is 0 Å². The largest absolute Gasteiger partial charge is 0.332 e. The van der Waals surface area contributed by atoms with Crippen molar-refractivity contribution in [3.8, 4) is 11.6 Å². The van der Waals surface area contributed by atoms with Gasteiger partial charge in [-0.3, -0.25) is 4.98 Å². The molecule has 0 aromatic carbocycles. The smallest absolute Gasteiger partial charge is 0.276 e. The van der Waals surface area contributed by atoms with Crippen LogP contribution in [-0.4, -0.2) is 21.2 Å². The Kier molecular flexibility index (Phi) is 3.26. The van der Waals surface area contributed by atoms with Crippen LogP contribution in [-0.2, 0) is 6.54 Å². The van der Waals surface area contributed by atoms with Gasteiger partial charge in [-0.05, 0) is 12.1 Å². The highest BCUT2D eigenvalue weighted by molar-refractivity contribution is 5.45. The Morgan fingerprint density at radius 1 is 1.38 bits per heavy atom. The minimum absolute atomic E-state index is 0.400. The number of rotatable bonds is 4. The van der Waals surface area contributed by atoms with E-state index in [-0.39, 0.29) is 0 Å². The SMILES string of the molecule is CC(C)NCc1noc(-c2ccccn2)n1. The number of hydrogen-bond acceptors (Lipinski definition) is 5. The predicted molar refractivity (Wildman–Crippen MR) is 59.5 cm³/mol. The Hall–Kier alpha value is -1.75. The molecule has 0 aliphatic rings. The second kappa shape index (κ2) is 4.85. The highest BCUT2D eigenvalue weighted by atomic mass is 16.5. The summed E-state index contributed by atoms with van der Waals surface area (Å²) in [6.45, 7) is 4.74. The summed E-state index contributed by atoms with van der Waals surface area (Å²) in [5.41, 5.74) is 0.700. The fraction of sp³-hybridized carbons (Fsp3) is 0.364. The number of pyridine rings is 1. The van der Waals surface area contributed by atoms with Crippen LogP contribution in [0.4, 0.5) is 0 Å². The summed E-state index contributed by atoms with van der Waals surface area (Å²) < 4.78 is 5.12. The van der Waals surface area contributed by atoms with Gasteiger partial charge >= 0.3 is 0 Å². The number of nitrogens with one attached hydrogen (secondary N) is 1. The van der Waals surface area contributed by atoms with Gasteiger partial charge in [0, 0.05) is 12.2 Å². The van der Waals surface area contributed by atoms with Gasteiger partial charge in [-0.2, -0.15) is 4.98 Å². The molecule has 2 rings (SSSR count). The standard InChI is InChI=1S/C11H14N4O/c1-8(2)13-7-10-14-11(16-15-10)9-5-3-4-6-12-9/h3-6,8,13H,7H2,1-2H3. The van der Waals surface area contributed by atoms with E-state index in [0.29, 0.717) is 30.0 Å². The van der Waals surface area contributed by atoms with E-state index in [9.17, 15) is 0 Å². The Labute approximate surface area is 93.9 Å². The van der Waals surface area contributed by atoms with Gasteiger partial charge in [-0.25, -0.2) is 0 Å². The van der Waals surface area contributed by atoms with Gasteiger partial charge in [-0.15, -0.1) is 0 Å². The van der Waals surface area contributed by atoms with Gasteiger partial charge in [0.15, 0.2) is 5.82 Å². The molecule has 2 aromatic rings. The van der Waals surface area contributed by atoms with Crippen molar-refractivity contribution in [1.29, 1.82) is 0 Å². The number of hydrogen-bond donors (Lipinski definition) is 1. The molecule has 1 N–H and O–H groups in total. The average molecular weight is 218 g/mol. The lowest BCUT2D eigenvalue weighted by molar-refractivity contribution is 0.416. The maximum atomic E-state index is 5.12. The Morgan fingerprint density at radius 3 is 2.94 bits per heavy atom. The van der Waals surface area contributed by atoms with Crippen LogP contribution in [0.3, 0.4) is 0 Å². The predicted octanol–water partition coefficient (Wildman–Crippen LogP) is 1.63. The van der Waals surface area contributed by atoms with Crippen LogP contribution in [0.2, 0.25) is 0 Å². The summed E-state index contributed by atoms with van der Waals surface area (Å²) in [5, 5.41) is 7.10. The van der Waals surface area contributed by atoms with Crippen molar-refractivity contribution in [3.63, 3.8) is 0 Å². The first-order valence-corrected chi connectivity index (χ1v) is 5.23. The van der Waals surface area contributed by atoms with E-state index in [2.05, 4.69) is 34.3 Å². The summed E-state index contributed by atoms with van der Waals surface area (Å²) in [4.78, 5) is 8.39. The topological polar surface area (TPSA) is 63.8 Å². The van der Waals surface area contributed by atoms with Crippen LogP contribution >= 0.6 is 0 Å². The van der Waals surface area contributed by atoms with Crippen LogP contribution in [0.15, 0.2) is 28.9 Å². The van der Waals surface area contributed by atoms with Crippen LogP contribution in [0.1, 0.15) is 19.7 Å². The molecule has 84 valence electrons. The van der Waals surface area contributed by atoms with Crippen LogP contribution in [0.5, 0.6) is 0 Å². The molecule has 0 aliphatic heterocycles. The van der Waals surface area contributed by atoms with Gasteiger partial charge in [0.1, 0.15) is 5.69 Å². The third kappa shape index (κ3) is 2.64. The zero-order valence-corrected chi connectivity index (χ0v) is 9.34.